The lowest BCUT2D eigenvalue weighted by Gasteiger charge is -2.38. The third-order valence-corrected chi connectivity index (χ3v) is 7.58. The molecule has 1 aliphatic carbocycles. The Labute approximate surface area is 217 Å². The molecule has 1 saturated heterocycles. The van der Waals surface area contributed by atoms with Crippen LogP contribution in [0, 0.1) is 5.82 Å². The molecule has 1 unspecified atom stereocenters. The Morgan fingerprint density at radius 1 is 1.03 bits per heavy atom. The van der Waals surface area contributed by atoms with Gasteiger partial charge >= 0.3 is 11.9 Å². The van der Waals surface area contributed by atoms with Crippen molar-refractivity contribution in [2.45, 2.75) is 48.9 Å². The summed E-state index contributed by atoms with van der Waals surface area (Å²) in [5.74, 6) is -3.12. The molecule has 0 bridgehead atoms. The highest BCUT2D eigenvalue weighted by Gasteiger charge is 2.48. The molecule has 12 heteroatoms. The van der Waals surface area contributed by atoms with Gasteiger partial charge in [-0.05, 0) is 70.7 Å². The number of aliphatic hydroxyl groups is 3. The molecule has 2 aliphatic rings. The molecule has 0 aromatic heterocycles. The zero-order valence-corrected chi connectivity index (χ0v) is 21.1. The number of benzene rings is 2. The van der Waals surface area contributed by atoms with E-state index in [1.807, 2.05) is 0 Å². The first-order chi connectivity index (χ1) is 17.8. The van der Waals surface area contributed by atoms with Gasteiger partial charge in [0.2, 0.25) is 6.29 Å². The Morgan fingerprint density at radius 2 is 1.68 bits per heavy atom. The highest BCUT2D eigenvalue weighted by Crippen LogP contribution is 2.44. The summed E-state index contributed by atoms with van der Waals surface area (Å²) in [6.07, 6.45) is -7.12. The fraction of sp³-hybridized carbons (Fsp3) is 0.308. The molecule has 2 aromatic carbocycles. The molecule has 1 fully saturated rings. The summed E-state index contributed by atoms with van der Waals surface area (Å²) in [6, 6.07) is 10.2. The van der Waals surface area contributed by atoms with E-state index in [9.17, 15) is 42.8 Å². The van der Waals surface area contributed by atoms with Gasteiger partial charge in [-0.3, -0.25) is 4.79 Å². The predicted molar refractivity (Wildman–Crippen MR) is 131 cm³/mol. The van der Waals surface area contributed by atoms with Crippen LogP contribution in [0.25, 0.3) is 17.2 Å². The maximum Gasteiger partial charge on any atom is 0.335 e. The van der Waals surface area contributed by atoms with E-state index in [4.69, 9.17) is 9.47 Å². The topological polar surface area (TPSA) is 168 Å². The number of aliphatic hydroxyl groups excluding tert-OH is 3. The van der Waals surface area contributed by atoms with E-state index in [1.54, 1.807) is 31.2 Å². The molecule has 0 spiro atoms. The van der Waals surface area contributed by atoms with Gasteiger partial charge in [-0.15, -0.1) is 0 Å². The van der Waals surface area contributed by atoms with Crippen LogP contribution in [0.15, 0.2) is 52.9 Å². The number of hydrogen-bond acceptors (Lipinski definition) is 9. The number of ether oxygens (including phenoxy) is 2. The van der Waals surface area contributed by atoms with Crippen LogP contribution in [0.5, 0.6) is 0 Å². The van der Waals surface area contributed by atoms with Crippen molar-refractivity contribution < 1.29 is 52.3 Å². The number of rotatable bonds is 6. The second-order valence-electron chi connectivity index (χ2n) is 9.09. The molecular weight excluding hydrogens is 523 g/mol. The fourth-order valence-electron chi connectivity index (χ4n) is 4.42. The largest absolute Gasteiger partial charge is 0.479 e. The van der Waals surface area contributed by atoms with Crippen LogP contribution in [0.1, 0.15) is 30.0 Å². The maximum atomic E-state index is 14.2. The Balaban J connectivity index is 1.62. The molecule has 4 rings (SSSR count). The fourth-order valence-corrected chi connectivity index (χ4v) is 5.05. The van der Waals surface area contributed by atoms with Gasteiger partial charge in [-0.1, -0.05) is 18.2 Å². The molecule has 38 heavy (non-hydrogen) atoms. The van der Waals surface area contributed by atoms with E-state index in [0.717, 1.165) is 6.26 Å². The number of halogens is 1. The van der Waals surface area contributed by atoms with Gasteiger partial charge < -0.3 is 29.9 Å². The van der Waals surface area contributed by atoms with Gasteiger partial charge in [0.05, 0.1) is 11.3 Å². The maximum absolute atomic E-state index is 14.2. The van der Waals surface area contributed by atoms with Crippen molar-refractivity contribution in [3.8, 4) is 0 Å². The Bertz CT molecular complexity index is 1440. The zero-order chi connectivity index (χ0) is 27.9. The van der Waals surface area contributed by atoms with Crippen molar-refractivity contribution in [3.63, 3.8) is 0 Å². The van der Waals surface area contributed by atoms with E-state index >= 15 is 0 Å². The SMILES string of the molecule is CC1=C(CC(=O)OC2O[C@H](C(=O)O)[C@@H](O)[C@H](O)[C@H]2O)c2cc(F)ccc2/C1=C\c1ccc(S(C)(=O)=O)cc1. The van der Waals surface area contributed by atoms with Gasteiger partial charge in [-0.25, -0.2) is 17.6 Å². The first-order valence-electron chi connectivity index (χ1n) is 11.4. The van der Waals surface area contributed by atoms with Crippen LogP contribution in [0.2, 0.25) is 0 Å². The molecule has 4 N–H and O–H groups in total. The molecule has 2 aromatic rings. The van der Waals surface area contributed by atoms with E-state index in [1.165, 1.54) is 24.3 Å². The van der Waals surface area contributed by atoms with Crippen molar-refractivity contribution in [2.75, 3.05) is 6.26 Å². The van der Waals surface area contributed by atoms with Crippen molar-refractivity contribution in [3.05, 3.63) is 70.5 Å². The van der Waals surface area contributed by atoms with Gasteiger partial charge in [0.25, 0.3) is 0 Å². The quantitative estimate of drug-likeness (QED) is 0.387. The van der Waals surface area contributed by atoms with Crippen LogP contribution in [0.4, 0.5) is 4.39 Å². The van der Waals surface area contributed by atoms with E-state index in [2.05, 4.69) is 0 Å². The summed E-state index contributed by atoms with van der Waals surface area (Å²) in [7, 11) is -3.38. The van der Waals surface area contributed by atoms with Crippen molar-refractivity contribution in [1.82, 2.24) is 0 Å². The molecule has 1 aliphatic heterocycles. The van der Waals surface area contributed by atoms with Crippen LogP contribution >= 0.6 is 0 Å². The average Bonchev–Trinajstić information content (AvgIpc) is 3.09. The summed E-state index contributed by atoms with van der Waals surface area (Å²) in [5, 5.41) is 39.0. The standard InChI is InChI=1S/C26H25FO10S/c1-12-17(9-13-3-6-15(7-4-13)38(2,34)35)16-8-5-14(27)10-19(16)18(12)11-20(28)36-26-23(31)21(29)22(30)24(37-26)25(32)33/h3-10,21-24,26,29-31H,11H2,1-2H3,(H,32,33)/b17-9-/t21-,22-,23+,24-,26?/m0/s1. The molecule has 1 heterocycles. The number of esters is 1. The molecule has 0 radical (unpaired) electrons. The van der Waals surface area contributed by atoms with Crippen molar-refractivity contribution in [2.24, 2.45) is 0 Å². The Morgan fingerprint density at radius 3 is 2.29 bits per heavy atom. The molecule has 10 nitrogen and oxygen atoms in total. The van der Waals surface area contributed by atoms with Crippen LogP contribution in [-0.2, 0) is 28.9 Å². The molecule has 0 amide bonds. The third kappa shape index (κ3) is 5.40. The second-order valence-corrected chi connectivity index (χ2v) is 11.1. The Kier molecular flexibility index (Phi) is 7.55. The highest BCUT2D eigenvalue weighted by molar-refractivity contribution is 7.90. The van der Waals surface area contributed by atoms with Gasteiger partial charge in [0, 0.05) is 6.26 Å². The minimum atomic E-state index is -3.38. The van der Waals surface area contributed by atoms with Crippen molar-refractivity contribution in [1.29, 1.82) is 0 Å². The number of carboxylic acid groups (broad SMARTS) is 1. The van der Waals surface area contributed by atoms with E-state index in [-0.39, 0.29) is 4.90 Å². The molecule has 202 valence electrons. The van der Waals surface area contributed by atoms with Gasteiger partial charge in [0.1, 0.15) is 24.1 Å². The lowest BCUT2D eigenvalue weighted by atomic mass is 9.99. The monoisotopic (exact) mass is 548 g/mol. The first kappa shape index (κ1) is 27.6. The third-order valence-electron chi connectivity index (χ3n) is 6.45. The highest BCUT2D eigenvalue weighted by atomic mass is 32.2. The summed E-state index contributed by atoms with van der Waals surface area (Å²) in [6.45, 7) is 1.71. The summed E-state index contributed by atoms with van der Waals surface area (Å²) in [4.78, 5) is 24.3. The summed E-state index contributed by atoms with van der Waals surface area (Å²) < 4.78 is 47.8. The number of aliphatic carboxylic acids is 1. The van der Waals surface area contributed by atoms with Crippen LogP contribution < -0.4 is 0 Å². The minimum absolute atomic E-state index is 0.152. The number of sulfone groups is 1. The number of carbonyl (C=O) groups is 2. The van der Waals surface area contributed by atoms with Gasteiger partial charge in [-0.2, -0.15) is 0 Å². The van der Waals surface area contributed by atoms with Crippen LogP contribution in [0.3, 0.4) is 0 Å². The first-order valence-corrected chi connectivity index (χ1v) is 13.3. The summed E-state index contributed by atoms with van der Waals surface area (Å²) >= 11 is 0. The number of fused-ring (bicyclic) bond motifs is 1. The number of carboxylic acids is 1. The smallest absolute Gasteiger partial charge is 0.335 e. The van der Waals surface area contributed by atoms with Gasteiger partial charge in [0.15, 0.2) is 15.9 Å². The van der Waals surface area contributed by atoms with E-state index < -0.39 is 64.7 Å². The summed E-state index contributed by atoms with van der Waals surface area (Å²) in [5.41, 5.74) is 3.38. The number of carbonyl (C=O) groups excluding carboxylic acids is 1. The Hall–Kier alpha value is -3.42. The lowest BCUT2D eigenvalue weighted by molar-refractivity contribution is -0.286. The normalized spacial score (nSPS) is 26.4. The molecular formula is C26H25FO10S. The average molecular weight is 549 g/mol. The lowest BCUT2D eigenvalue weighted by Crippen LogP contribution is -2.60. The number of allylic oxidation sites excluding steroid dienone is 2. The van der Waals surface area contributed by atoms with Crippen LogP contribution in [-0.4, -0.2) is 77.7 Å². The predicted octanol–water partition coefficient (Wildman–Crippen LogP) is 1.38. The zero-order valence-electron chi connectivity index (χ0n) is 20.2. The second kappa shape index (κ2) is 10.4. The molecule has 0 saturated carbocycles. The minimum Gasteiger partial charge on any atom is -0.479 e. The van der Waals surface area contributed by atoms with E-state index in [0.29, 0.717) is 33.4 Å². The molecule has 5 atom stereocenters. The van der Waals surface area contributed by atoms with Crippen molar-refractivity contribution >= 4 is 39.0 Å². The number of hydrogen-bond donors (Lipinski definition) is 4.